The number of carbonyl (C=O) groups is 3. The van der Waals surface area contributed by atoms with Gasteiger partial charge in [-0.2, -0.15) is 11.8 Å². The van der Waals surface area contributed by atoms with E-state index in [4.69, 9.17) is 11.6 Å². The van der Waals surface area contributed by atoms with Gasteiger partial charge < -0.3 is 15.5 Å². The summed E-state index contributed by atoms with van der Waals surface area (Å²) in [6.07, 6.45) is 5.28. The number of pyridine rings is 1. The summed E-state index contributed by atoms with van der Waals surface area (Å²) in [4.78, 5) is 44.5. The van der Waals surface area contributed by atoms with Gasteiger partial charge in [-0.25, -0.2) is 4.98 Å². The molecule has 9 heteroatoms. The van der Waals surface area contributed by atoms with Gasteiger partial charge in [0.1, 0.15) is 11.9 Å². The number of thioether (sulfide) groups is 1. The first-order valence-electron chi connectivity index (χ1n) is 11.0. The Labute approximate surface area is 203 Å². The van der Waals surface area contributed by atoms with Gasteiger partial charge in [-0.3, -0.25) is 14.4 Å². The maximum Gasteiger partial charge on any atom is 0.253 e. The summed E-state index contributed by atoms with van der Waals surface area (Å²) in [5, 5.41) is 6.08. The van der Waals surface area contributed by atoms with Crippen LogP contribution in [0.15, 0.2) is 42.6 Å². The lowest BCUT2D eigenvalue weighted by Gasteiger charge is -2.34. The molecule has 3 rings (SSSR count). The maximum absolute atomic E-state index is 13.2. The summed E-state index contributed by atoms with van der Waals surface area (Å²) in [5.41, 5.74) is 1.37. The van der Waals surface area contributed by atoms with Crippen LogP contribution < -0.4 is 10.6 Å². The van der Waals surface area contributed by atoms with Crippen molar-refractivity contribution in [3.05, 3.63) is 58.7 Å². The Balaban J connectivity index is 1.58. The van der Waals surface area contributed by atoms with Gasteiger partial charge in [0.15, 0.2) is 0 Å². The SMILES string of the molecule is CSCCC(NC(=O)c1ccccc1Cl)C(=O)N1CCC(C(=O)Nc2cc(C)ccn2)CC1. The van der Waals surface area contributed by atoms with Crippen LogP contribution in [-0.4, -0.2) is 58.7 Å². The van der Waals surface area contributed by atoms with E-state index in [1.54, 1.807) is 47.1 Å². The standard InChI is InChI=1S/C24H29ClN4O3S/c1-16-7-11-26-21(15-16)28-22(30)17-8-12-29(13-9-17)24(32)20(10-14-33-2)27-23(31)18-5-3-4-6-19(18)25/h3-7,11,15,17,20H,8-10,12-14H2,1-2H3,(H,27,31)(H,26,28,30). The topological polar surface area (TPSA) is 91.4 Å². The summed E-state index contributed by atoms with van der Waals surface area (Å²) in [6.45, 7) is 2.88. The molecule has 1 aromatic heterocycles. The Morgan fingerprint density at radius 3 is 2.61 bits per heavy atom. The number of likely N-dealkylation sites (tertiary alicyclic amines) is 1. The van der Waals surface area contributed by atoms with Gasteiger partial charge in [-0.05, 0) is 68.0 Å². The predicted octanol–water partition coefficient (Wildman–Crippen LogP) is 3.77. The first-order valence-corrected chi connectivity index (χ1v) is 12.7. The number of aromatic nitrogens is 1. The minimum absolute atomic E-state index is 0.0776. The number of aryl methyl sites for hydroxylation is 1. The van der Waals surface area contributed by atoms with Gasteiger partial charge in [0.25, 0.3) is 5.91 Å². The molecule has 0 bridgehead atoms. The highest BCUT2D eigenvalue weighted by molar-refractivity contribution is 7.98. The van der Waals surface area contributed by atoms with Gasteiger partial charge in [0.05, 0.1) is 10.6 Å². The highest BCUT2D eigenvalue weighted by Gasteiger charge is 2.32. The van der Waals surface area contributed by atoms with Crippen molar-refractivity contribution in [3.8, 4) is 0 Å². The number of benzene rings is 1. The molecular formula is C24H29ClN4O3S. The third-order valence-corrected chi connectivity index (χ3v) is 6.65. The van der Waals surface area contributed by atoms with E-state index in [-0.39, 0.29) is 23.6 Å². The van der Waals surface area contributed by atoms with Crippen LogP contribution in [0.2, 0.25) is 5.02 Å². The van der Waals surface area contributed by atoms with E-state index in [0.29, 0.717) is 48.8 Å². The normalized spacial score (nSPS) is 15.1. The highest BCUT2D eigenvalue weighted by Crippen LogP contribution is 2.21. The zero-order valence-electron chi connectivity index (χ0n) is 18.8. The number of nitrogens with one attached hydrogen (secondary N) is 2. The zero-order chi connectivity index (χ0) is 23.8. The van der Waals surface area contributed by atoms with Crippen molar-refractivity contribution in [3.63, 3.8) is 0 Å². The molecule has 0 spiro atoms. The van der Waals surface area contributed by atoms with Crippen molar-refractivity contribution < 1.29 is 14.4 Å². The molecule has 1 saturated heterocycles. The Morgan fingerprint density at radius 1 is 1.21 bits per heavy atom. The van der Waals surface area contributed by atoms with E-state index in [9.17, 15) is 14.4 Å². The van der Waals surface area contributed by atoms with Crippen LogP contribution in [0.5, 0.6) is 0 Å². The van der Waals surface area contributed by atoms with Crippen LogP contribution in [0, 0.1) is 12.8 Å². The van der Waals surface area contributed by atoms with Gasteiger partial charge in [0.2, 0.25) is 11.8 Å². The number of piperidine rings is 1. The average molecular weight is 489 g/mol. The van der Waals surface area contributed by atoms with Crippen LogP contribution >= 0.6 is 23.4 Å². The quantitative estimate of drug-likeness (QED) is 0.590. The minimum atomic E-state index is -0.636. The Hall–Kier alpha value is -2.58. The lowest BCUT2D eigenvalue weighted by Crippen LogP contribution is -2.51. The number of rotatable bonds is 8. The molecule has 2 N–H and O–H groups in total. The van der Waals surface area contributed by atoms with Crippen LogP contribution in [0.3, 0.4) is 0 Å². The number of halogens is 1. The molecular weight excluding hydrogens is 460 g/mol. The summed E-state index contributed by atoms with van der Waals surface area (Å²) < 4.78 is 0. The van der Waals surface area contributed by atoms with E-state index >= 15 is 0 Å². The molecule has 1 aliphatic rings. The molecule has 176 valence electrons. The molecule has 33 heavy (non-hydrogen) atoms. The van der Waals surface area contributed by atoms with E-state index in [0.717, 1.165) is 11.3 Å². The summed E-state index contributed by atoms with van der Waals surface area (Å²) in [6, 6.07) is 9.85. The summed E-state index contributed by atoms with van der Waals surface area (Å²) in [5.74, 6) is 0.535. The van der Waals surface area contributed by atoms with E-state index < -0.39 is 6.04 Å². The summed E-state index contributed by atoms with van der Waals surface area (Å²) >= 11 is 7.76. The third kappa shape index (κ3) is 6.95. The fourth-order valence-corrected chi connectivity index (χ4v) is 4.48. The molecule has 1 fully saturated rings. The van der Waals surface area contributed by atoms with E-state index in [1.807, 2.05) is 25.3 Å². The van der Waals surface area contributed by atoms with Crippen molar-refractivity contribution in [1.29, 1.82) is 0 Å². The van der Waals surface area contributed by atoms with Gasteiger partial charge in [-0.1, -0.05) is 23.7 Å². The van der Waals surface area contributed by atoms with Gasteiger partial charge in [0, 0.05) is 25.2 Å². The van der Waals surface area contributed by atoms with Crippen LogP contribution in [-0.2, 0) is 9.59 Å². The maximum atomic E-state index is 13.2. The van der Waals surface area contributed by atoms with E-state index in [2.05, 4.69) is 15.6 Å². The lowest BCUT2D eigenvalue weighted by molar-refractivity contribution is -0.136. The Bertz CT molecular complexity index is 995. The third-order valence-electron chi connectivity index (χ3n) is 5.68. The van der Waals surface area contributed by atoms with Gasteiger partial charge in [-0.15, -0.1) is 0 Å². The van der Waals surface area contributed by atoms with Crippen molar-refractivity contribution in [2.24, 2.45) is 5.92 Å². The molecule has 2 heterocycles. The molecule has 1 aliphatic heterocycles. The lowest BCUT2D eigenvalue weighted by atomic mass is 9.95. The van der Waals surface area contributed by atoms with Gasteiger partial charge >= 0.3 is 0 Å². The molecule has 2 aromatic rings. The number of carbonyl (C=O) groups excluding carboxylic acids is 3. The number of amides is 3. The number of anilines is 1. The second kappa shape index (κ2) is 12.0. The zero-order valence-corrected chi connectivity index (χ0v) is 20.4. The molecule has 7 nitrogen and oxygen atoms in total. The fourth-order valence-electron chi connectivity index (χ4n) is 3.79. The van der Waals surface area contributed by atoms with E-state index in [1.165, 1.54) is 0 Å². The van der Waals surface area contributed by atoms with Crippen molar-refractivity contribution >= 4 is 46.9 Å². The number of nitrogens with zero attached hydrogens (tertiary/aromatic N) is 2. The van der Waals surface area contributed by atoms with Crippen molar-refractivity contribution in [2.75, 3.05) is 30.4 Å². The van der Waals surface area contributed by atoms with Crippen molar-refractivity contribution in [2.45, 2.75) is 32.2 Å². The largest absolute Gasteiger partial charge is 0.341 e. The molecule has 3 amide bonds. The molecule has 0 radical (unpaired) electrons. The predicted molar refractivity (Wildman–Crippen MR) is 133 cm³/mol. The molecule has 1 aromatic carbocycles. The van der Waals surface area contributed by atoms with Crippen LogP contribution in [0.4, 0.5) is 5.82 Å². The minimum Gasteiger partial charge on any atom is -0.341 e. The molecule has 1 unspecified atom stereocenters. The Morgan fingerprint density at radius 2 is 1.94 bits per heavy atom. The molecule has 1 atom stereocenters. The molecule has 0 aliphatic carbocycles. The number of hydrogen-bond donors (Lipinski definition) is 2. The Kier molecular flexibility index (Phi) is 9.14. The molecule has 0 saturated carbocycles. The highest BCUT2D eigenvalue weighted by atomic mass is 35.5. The van der Waals surface area contributed by atoms with Crippen LogP contribution in [0.25, 0.3) is 0 Å². The monoisotopic (exact) mass is 488 g/mol. The number of hydrogen-bond acceptors (Lipinski definition) is 5. The smallest absolute Gasteiger partial charge is 0.253 e. The second-order valence-electron chi connectivity index (χ2n) is 8.09. The van der Waals surface area contributed by atoms with Crippen molar-refractivity contribution in [1.82, 2.24) is 15.2 Å². The second-order valence-corrected chi connectivity index (χ2v) is 9.49. The van der Waals surface area contributed by atoms with Crippen LogP contribution in [0.1, 0.15) is 35.2 Å². The first kappa shape index (κ1) is 25.1. The fraction of sp³-hybridized carbons (Fsp3) is 0.417. The average Bonchev–Trinajstić information content (AvgIpc) is 2.81. The first-order chi connectivity index (χ1) is 15.9. The summed E-state index contributed by atoms with van der Waals surface area (Å²) in [7, 11) is 0.